The van der Waals surface area contributed by atoms with Crippen LogP contribution in [0.4, 0.5) is 5.69 Å². The number of halogens is 1. The molecule has 170 valence electrons. The monoisotopic (exact) mass is 466 g/mol. The van der Waals surface area contributed by atoms with Crippen molar-refractivity contribution in [3.05, 3.63) is 58.1 Å². The summed E-state index contributed by atoms with van der Waals surface area (Å²) in [6, 6.07) is 9.62. The van der Waals surface area contributed by atoms with Crippen LogP contribution in [0.3, 0.4) is 0 Å². The number of nitrogens with one attached hydrogen (secondary N) is 1. The normalized spacial score (nSPS) is 13.4. The van der Waals surface area contributed by atoms with Crippen LogP contribution in [0.1, 0.15) is 49.4 Å². The fourth-order valence-electron chi connectivity index (χ4n) is 3.66. The van der Waals surface area contributed by atoms with Gasteiger partial charge < -0.3 is 10.1 Å². The summed E-state index contributed by atoms with van der Waals surface area (Å²) < 4.78 is 32.0. The van der Waals surface area contributed by atoms with Gasteiger partial charge in [-0.3, -0.25) is 9.10 Å². The number of hydrogen-bond donors (Lipinski definition) is 1. The van der Waals surface area contributed by atoms with Crippen LogP contribution < -0.4 is 14.4 Å². The van der Waals surface area contributed by atoms with Crippen molar-refractivity contribution >= 4 is 33.2 Å². The predicted molar refractivity (Wildman–Crippen MR) is 126 cm³/mol. The molecule has 6 nitrogen and oxygen atoms in total. The van der Waals surface area contributed by atoms with Crippen LogP contribution in [0, 0.1) is 13.8 Å². The SMILES string of the molecule is CC[C@@H](NC(=O)[C@H](CC)N(c1cc(Cl)ccc1C)S(C)(=O)=O)c1ccc(OC)c(C)c1. The average molecular weight is 467 g/mol. The van der Waals surface area contributed by atoms with E-state index in [9.17, 15) is 13.2 Å². The lowest BCUT2D eigenvalue weighted by atomic mass is 10.0. The highest BCUT2D eigenvalue weighted by Gasteiger charge is 2.33. The Morgan fingerprint density at radius 2 is 1.77 bits per heavy atom. The van der Waals surface area contributed by atoms with E-state index >= 15 is 0 Å². The minimum Gasteiger partial charge on any atom is -0.496 e. The third-order valence-corrected chi connectivity index (χ3v) is 6.69. The van der Waals surface area contributed by atoms with E-state index in [1.807, 2.05) is 32.0 Å². The molecule has 2 rings (SSSR count). The molecule has 31 heavy (non-hydrogen) atoms. The molecule has 0 aliphatic heterocycles. The van der Waals surface area contributed by atoms with Crippen molar-refractivity contribution in [1.82, 2.24) is 5.32 Å². The zero-order chi connectivity index (χ0) is 23.3. The van der Waals surface area contributed by atoms with E-state index in [1.165, 1.54) is 4.31 Å². The summed E-state index contributed by atoms with van der Waals surface area (Å²) in [7, 11) is -2.12. The molecule has 0 radical (unpaired) electrons. The summed E-state index contributed by atoms with van der Waals surface area (Å²) in [4.78, 5) is 13.3. The molecule has 0 unspecified atom stereocenters. The van der Waals surface area contributed by atoms with Gasteiger partial charge in [-0.05, 0) is 61.6 Å². The van der Waals surface area contributed by atoms with Gasteiger partial charge in [0.2, 0.25) is 15.9 Å². The van der Waals surface area contributed by atoms with Crippen molar-refractivity contribution in [2.45, 2.75) is 52.6 Å². The lowest BCUT2D eigenvalue weighted by Gasteiger charge is -2.32. The Morgan fingerprint density at radius 3 is 2.29 bits per heavy atom. The first-order valence-electron chi connectivity index (χ1n) is 10.2. The van der Waals surface area contributed by atoms with Crippen molar-refractivity contribution in [1.29, 1.82) is 0 Å². The summed E-state index contributed by atoms with van der Waals surface area (Å²) in [5.41, 5.74) is 3.03. The molecular weight excluding hydrogens is 436 g/mol. The van der Waals surface area contributed by atoms with Gasteiger partial charge in [0.1, 0.15) is 11.8 Å². The fourth-order valence-corrected chi connectivity index (χ4v) is 5.09. The molecule has 0 bridgehead atoms. The van der Waals surface area contributed by atoms with Crippen LogP contribution in [0.25, 0.3) is 0 Å². The largest absolute Gasteiger partial charge is 0.496 e. The van der Waals surface area contributed by atoms with Crippen LogP contribution in [0.15, 0.2) is 36.4 Å². The van der Waals surface area contributed by atoms with Gasteiger partial charge in [0.25, 0.3) is 0 Å². The number of benzene rings is 2. The Bertz CT molecular complexity index is 1040. The zero-order valence-electron chi connectivity index (χ0n) is 18.9. The number of nitrogens with zero attached hydrogens (tertiary/aromatic N) is 1. The number of aryl methyl sites for hydroxylation is 2. The van der Waals surface area contributed by atoms with E-state index in [4.69, 9.17) is 16.3 Å². The lowest BCUT2D eigenvalue weighted by Crippen LogP contribution is -2.50. The molecule has 0 saturated heterocycles. The third kappa shape index (κ3) is 5.92. The molecule has 0 aromatic heterocycles. The topological polar surface area (TPSA) is 75.7 Å². The standard InChI is InChI=1S/C23H31ClN2O4S/c1-7-19(17-10-12-22(30-5)16(4)13-17)25-23(27)20(8-2)26(31(6,28)29)21-14-18(24)11-9-15(21)3/h9-14,19-20H,7-8H2,1-6H3,(H,25,27)/t19-,20+/m1/s1. The molecule has 0 heterocycles. The van der Waals surface area contributed by atoms with Gasteiger partial charge in [-0.1, -0.05) is 43.6 Å². The quantitative estimate of drug-likeness (QED) is 0.577. The number of carbonyl (C=O) groups excluding carboxylic acids is 1. The highest BCUT2D eigenvalue weighted by Crippen LogP contribution is 2.30. The molecule has 1 amide bonds. The maximum absolute atomic E-state index is 13.3. The van der Waals surface area contributed by atoms with Crippen LogP contribution in [0.5, 0.6) is 5.75 Å². The zero-order valence-corrected chi connectivity index (χ0v) is 20.5. The number of rotatable bonds is 9. The molecule has 2 aromatic carbocycles. The lowest BCUT2D eigenvalue weighted by molar-refractivity contribution is -0.123. The Kier molecular flexibility index (Phi) is 8.37. The molecular formula is C23H31ClN2O4S. The van der Waals surface area contributed by atoms with Crippen molar-refractivity contribution in [3.63, 3.8) is 0 Å². The van der Waals surface area contributed by atoms with Gasteiger partial charge in [-0.15, -0.1) is 0 Å². The van der Waals surface area contributed by atoms with E-state index < -0.39 is 16.1 Å². The minimum absolute atomic E-state index is 0.256. The van der Waals surface area contributed by atoms with Crippen LogP contribution in [-0.4, -0.2) is 33.7 Å². The maximum Gasteiger partial charge on any atom is 0.244 e. The molecule has 1 N–H and O–H groups in total. The van der Waals surface area contributed by atoms with E-state index in [2.05, 4.69) is 5.32 Å². The number of methoxy groups -OCH3 is 1. The van der Waals surface area contributed by atoms with Gasteiger partial charge in [0.15, 0.2) is 0 Å². The van der Waals surface area contributed by atoms with Gasteiger partial charge in [0, 0.05) is 5.02 Å². The Morgan fingerprint density at radius 1 is 1.10 bits per heavy atom. The summed E-state index contributed by atoms with van der Waals surface area (Å²) in [6.45, 7) is 7.50. The second-order valence-electron chi connectivity index (χ2n) is 7.61. The van der Waals surface area contributed by atoms with Gasteiger partial charge in [-0.25, -0.2) is 8.42 Å². The average Bonchev–Trinajstić information content (AvgIpc) is 2.71. The van der Waals surface area contributed by atoms with E-state index in [0.29, 0.717) is 23.6 Å². The molecule has 2 aromatic rings. The summed E-state index contributed by atoms with van der Waals surface area (Å²) in [6.07, 6.45) is 2.07. The van der Waals surface area contributed by atoms with Crippen LogP contribution >= 0.6 is 11.6 Å². The highest BCUT2D eigenvalue weighted by molar-refractivity contribution is 7.92. The molecule has 0 spiro atoms. The van der Waals surface area contributed by atoms with E-state index in [0.717, 1.165) is 28.7 Å². The maximum atomic E-state index is 13.3. The molecule has 8 heteroatoms. The number of carbonyl (C=O) groups is 1. The number of hydrogen-bond acceptors (Lipinski definition) is 4. The Labute approximate surface area is 190 Å². The molecule has 0 fully saturated rings. The smallest absolute Gasteiger partial charge is 0.244 e. The number of ether oxygens (including phenoxy) is 1. The van der Waals surface area contributed by atoms with E-state index in [1.54, 1.807) is 39.2 Å². The number of sulfonamides is 1. The molecule has 2 atom stereocenters. The summed E-state index contributed by atoms with van der Waals surface area (Å²) >= 11 is 6.13. The van der Waals surface area contributed by atoms with E-state index in [-0.39, 0.29) is 11.9 Å². The van der Waals surface area contributed by atoms with Crippen molar-refractivity contribution < 1.29 is 17.9 Å². The van der Waals surface area contributed by atoms with Gasteiger partial charge in [-0.2, -0.15) is 0 Å². The van der Waals surface area contributed by atoms with Crippen molar-refractivity contribution in [2.75, 3.05) is 17.7 Å². The summed E-state index contributed by atoms with van der Waals surface area (Å²) in [5, 5.41) is 3.44. The first kappa shape index (κ1) is 25.0. The number of anilines is 1. The first-order chi connectivity index (χ1) is 14.5. The minimum atomic E-state index is -3.74. The highest BCUT2D eigenvalue weighted by atomic mass is 35.5. The second kappa shape index (κ2) is 10.4. The predicted octanol–water partition coefficient (Wildman–Crippen LogP) is 4.78. The molecule has 0 aliphatic rings. The molecule has 0 saturated carbocycles. The van der Waals surface area contributed by atoms with Gasteiger partial charge in [0.05, 0.1) is 25.1 Å². The number of amides is 1. The third-order valence-electron chi connectivity index (χ3n) is 5.28. The fraction of sp³-hybridized carbons (Fsp3) is 0.435. The van der Waals surface area contributed by atoms with Crippen LogP contribution in [-0.2, 0) is 14.8 Å². The Balaban J connectivity index is 2.41. The second-order valence-corrected chi connectivity index (χ2v) is 9.91. The van der Waals surface area contributed by atoms with Crippen molar-refractivity contribution in [3.8, 4) is 5.75 Å². The summed E-state index contributed by atoms with van der Waals surface area (Å²) in [5.74, 6) is 0.420. The Hall–Kier alpha value is -2.25. The van der Waals surface area contributed by atoms with Gasteiger partial charge >= 0.3 is 0 Å². The van der Waals surface area contributed by atoms with Crippen LogP contribution in [0.2, 0.25) is 5.02 Å². The van der Waals surface area contributed by atoms with Crippen molar-refractivity contribution in [2.24, 2.45) is 0 Å². The molecule has 0 aliphatic carbocycles. The first-order valence-corrected chi connectivity index (χ1v) is 12.5.